The summed E-state index contributed by atoms with van der Waals surface area (Å²) < 4.78 is 10.3. The van der Waals surface area contributed by atoms with Crippen LogP contribution in [0.15, 0.2) is 0 Å². The van der Waals surface area contributed by atoms with Crippen molar-refractivity contribution in [2.24, 2.45) is 0 Å². The molecule has 0 saturated carbocycles. The second-order valence-corrected chi connectivity index (χ2v) is 4.09. The molecule has 0 aliphatic rings. The zero-order chi connectivity index (χ0) is 12.8. The van der Waals surface area contributed by atoms with Crippen molar-refractivity contribution in [2.75, 3.05) is 59.7 Å². The molecule has 1 N–H and O–H groups in total. The minimum absolute atomic E-state index is 0.697. The Labute approximate surface area is 107 Å². The molecule has 0 fully saturated rings. The molecule has 0 atom stereocenters. The van der Waals surface area contributed by atoms with Crippen LogP contribution >= 0.6 is 0 Å². The number of hydrogen-bond donors (Lipinski definition) is 1. The van der Waals surface area contributed by atoms with Crippen molar-refractivity contribution >= 4 is 0 Å². The normalized spacial score (nSPS) is 11.3. The maximum Gasteiger partial charge on any atom is 0.0700 e. The number of nitrogens with one attached hydrogen (secondary N) is 1. The summed E-state index contributed by atoms with van der Waals surface area (Å²) in [5, 5.41) is 3.46. The van der Waals surface area contributed by atoms with Gasteiger partial charge in [0, 0.05) is 26.8 Å². The molecule has 0 unspecified atom stereocenters. The first-order chi connectivity index (χ1) is 8.35. The second-order valence-electron chi connectivity index (χ2n) is 4.09. The van der Waals surface area contributed by atoms with Gasteiger partial charge in [0.1, 0.15) is 0 Å². The number of methoxy groups -OCH3 is 1. The number of unbranched alkanes of at least 4 members (excludes halogenated alkanes) is 1. The summed E-state index contributed by atoms with van der Waals surface area (Å²) in [6.45, 7) is 12.3. The molecule has 4 heteroatoms. The second kappa shape index (κ2) is 13.9. The van der Waals surface area contributed by atoms with Crippen molar-refractivity contribution in [1.82, 2.24) is 10.2 Å². The predicted molar refractivity (Wildman–Crippen MR) is 72.6 cm³/mol. The first kappa shape index (κ1) is 16.8. The molecule has 4 nitrogen and oxygen atoms in total. The summed E-state index contributed by atoms with van der Waals surface area (Å²) in [6.07, 6.45) is 2.31. The quantitative estimate of drug-likeness (QED) is 0.498. The van der Waals surface area contributed by atoms with Gasteiger partial charge < -0.3 is 19.7 Å². The lowest BCUT2D eigenvalue weighted by Crippen LogP contribution is -2.32. The van der Waals surface area contributed by atoms with E-state index < -0.39 is 0 Å². The van der Waals surface area contributed by atoms with Gasteiger partial charge in [-0.3, -0.25) is 0 Å². The maximum absolute atomic E-state index is 5.39. The number of nitrogens with zero attached hydrogens (tertiary/aromatic N) is 1. The van der Waals surface area contributed by atoms with Gasteiger partial charge in [0.25, 0.3) is 0 Å². The molecule has 0 saturated heterocycles. The average molecular weight is 246 g/mol. The van der Waals surface area contributed by atoms with Gasteiger partial charge in [-0.05, 0) is 32.5 Å². The molecule has 0 bridgehead atoms. The Morgan fingerprint density at radius 1 is 0.941 bits per heavy atom. The predicted octanol–water partition coefficient (Wildman–Crippen LogP) is 1.36. The van der Waals surface area contributed by atoms with E-state index in [1.54, 1.807) is 7.11 Å². The van der Waals surface area contributed by atoms with Crippen molar-refractivity contribution in [1.29, 1.82) is 0 Å². The summed E-state index contributed by atoms with van der Waals surface area (Å²) in [4.78, 5) is 2.43. The average Bonchev–Trinajstić information content (AvgIpc) is 2.36. The van der Waals surface area contributed by atoms with Crippen LogP contribution in [-0.2, 0) is 9.47 Å². The first-order valence-electron chi connectivity index (χ1n) is 6.84. The maximum atomic E-state index is 5.39. The van der Waals surface area contributed by atoms with Crippen molar-refractivity contribution < 1.29 is 9.47 Å². The van der Waals surface area contributed by atoms with E-state index in [4.69, 9.17) is 9.47 Å². The van der Waals surface area contributed by atoms with Gasteiger partial charge in [-0.2, -0.15) is 0 Å². The Bertz CT molecular complexity index is 141. The lowest BCUT2D eigenvalue weighted by atomic mass is 10.3. The summed E-state index contributed by atoms with van der Waals surface area (Å²) >= 11 is 0. The zero-order valence-electron chi connectivity index (χ0n) is 11.8. The van der Waals surface area contributed by atoms with Crippen molar-refractivity contribution in [2.45, 2.75) is 26.7 Å². The Kier molecular flexibility index (Phi) is 13.8. The van der Waals surface area contributed by atoms with Crippen LogP contribution in [0.2, 0.25) is 0 Å². The Balaban J connectivity index is 3.03. The topological polar surface area (TPSA) is 33.7 Å². The molecule has 17 heavy (non-hydrogen) atoms. The zero-order valence-corrected chi connectivity index (χ0v) is 11.8. The Morgan fingerprint density at radius 3 is 2.35 bits per heavy atom. The largest absolute Gasteiger partial charge is 0.382 e. The summed E-state index contributed by atoms with van der Waals surface area (Å²) in [7, 11) is 1.70. The van der Waals surface area contributed by atoms with Crippen LogP contribution in [0.5, 0.6) is 0 Å². The highest BCUT2D eigenvalue weighted by molar-refractivity contribution is 4.55. The fourth-order valence-electron chi connectivity index (χ4n) is 1.60. The molecule has 0 aromatic carbocycles. The molecule has 0 amide bonds. The van der Waals surface area contributed by atoms with Gasteiger partial charge in [-0.15, -0.1) is 0 Å². The molecule has 104 valence electrons. The van der Waals surface area contributed by atoms with Gasteiger partial charge in [-0.25, -0.2) is 0 Å². The fraction of sp³-hybridized carbons (Fsp3) is 1.00. The fourth-order valence-corrected chi connectivity index (χ4v) is 1.60. The van der Waals surface area contributed by atoms with Crippen molar-refractivity contribution in [3.8, 4) is 0 Å². The van der Waals surface area contributed by atoms with Crippen LogP contribution in [0, 0.1) is 0 Å². The molecule has 0 radical (unpaired) electrons. The molecular weight excluding hydrogens is 216 g/mol. The highest BCUT2D eigenvalue weighted by Gasteiger charge is 1.97. The van der Waals surface area contributed by atoms with E-state index in [0.717, 1.165) is 45.8 Å². The molecule has 0 aliphatic heterocycles. The van der Waals surface area contributed by atoms with E-state index in [-0.39, 0.29) is 0 Å². The number of likely N-dealkylation sites (N-methyl/N-ethyl adjacent to an activating group) is 1. The number of hydrogen-bond acceptors (Lipinski definition) is 4. The highest BCUT2D eigenvalue weighted by Crippen LogP contribution is 1.89. The minimum Gasteiger partial charge on any atom is -0.382 e. The van der Waals surface area contributed by atoms with E-state index in [9.17, 15) is 0 Å². The van der Waals surface area contributed by atoms with E-state index in [2.05, 4.69) is 24.1 Å². The smallest absolute Gasteiger partial charge is 0.0700 e. The van der Waals surface area contributed by atoms with Crippen molar-refractivity contribution in [3.63, 3.8) is 0 Å². The molecule has 0 aromatic rings. The lowest BCUT2D eigenvalue weighted by molar-refractivity contribution is 0.0688. The van der Waals surface area contributed by atoms with Crippen LogP contribution in [0.3, 0.4) is 0 Å². The number of rotatable bonds is 13. The molecule has 0 aliphatic carbocycles. The van der Waals surface area contributed by atoms with E-state index in [1.165, 1.54) is 6.42 Å². The van der Waals surface area contributed by atoms with Crippen LogP contribution < -0.4 is 5.32 Å². The van der Waals surface area contributed by atoms with E-state index in [0.29, 0.717) is 13.2 Å². The Hall–Kier alpha value is -0.160. The number of ether oxygens (including phenoxy) is 2. The molecule has 0 rings (SSSR count). The van der Waals surface area contributed by atoms with Gasteiger partial charge in [0.05, 0.1) is 13.2 Å². The SMILES string of the molecule is CCN(CC)CCNCCCCOCCOC. The summed E-state index contributed by atoms with van der Waals surface area (Å²) in [5.41, 5.74) is 0. The van der Waals surface area contributed by atoms with Gasteiger partial charge >= 0.3 is 0 Å². The summed E-state index contributed by atoms with van der Waals surface area (Å²) in [6, 6.07) is 0. The van der Waals surface area contributed by atoms with Gasteiger partial charge in [0.2, 0.25) is 0 Å². The van der Waals surface area contributed by atoms with E-state index in [1.807, 2.05) is 0 Å². The van der Waals surface area contributed by atoms with Crippen molar-refractivity contribution in [3.05, 3.63) is 0 Å². The molecule has 0 spiro atoms. The van der Waals surface area contributed by atoms with Crippen LogP contribution in [0.1, 0.15) is 26.7 Å². The highest BCUT2D eigenvalue weighted by atomic mass is 16.5. The molecular formula is C13H30N2O2. The third-order valence-corrected chi connectivity index (χ3v) is 2.82. The van der Waals surface area contributed by atoms with E-state index >= 15 is 0 Å². The minimum atomic E-state index is 0.697. The Morgan fingerprint density at radius 2 is 1.71 bits per heavy atom. The van der Waals surface area contributed by atoms with Crippen LogP contribution in [0.4, 0.5) is 0 Å². The molecule has 0 aromatic heterocycles. The standard InChI is InChI=1S/C13H30N2O2/c1-4-15(5-2)10-9-14-8-6-7-11-17-13-12-16-3/h14H,4-13H2,1-3H3. The van der Waals surface area contributed by atoms with Crippen LogP contribution in [0.25, 0.3) is 0 Å². The lowest BCUT2D eigenvalue weighted by Gasteiger charge is -2.17. The summed E-state index contributed by atoms with van der Waals surface area (Å²) in [5.74, 6) is 0. The monoisotopic (exact) mass is 246 g/mol. The molecule has 0 heterocycles. The third-order valence-electron chi connectivity index (χ3n) is 2.82. The third kappa shape index (κ3) is 12.1. The van der Waals surface area contributed by atoms with Crippen LogP contribution in [-0.4, -0.2) is 64.6 Å². The van der Waals surface area contributed by atoms with Gasteiger partial charge in [0.15, 0.2) is 0 Å². The van der Waals surface area contributed by atoms with Gasteiger partial charge in [-0.1, -0.05) is 13.8 Å². The first-order valence-corrected chi connectivity index (χ1v) is 6.84.